The van der Waals surface area contributed by atoms with Crippen LogP contribution in [0.4, 0.5) is 0 Å². The lowest BCUT2D eigenvalue weighted by Gasteiger charge is -2.20. The average Bonchev–Trinajstić information content (AvgIpc) is 2.54. The number of aryl methyl sites for hydroxylation is 1. The second-order valence-electron chi connectivity index (χ2n) is 5.96. The Hall–Kier alpha value is -2.04. The lowest BCUT2D eigenvalue weighted by atomic mass is 10.1. The third kappa shape index (κ3) is 5.21. The van der Waals surface area contributed by atoms with Gasteiger partial charge in [0, 0.05) is 15.6 Å². The number of carbonyl (C=O) groups is 2. The molecule has 2 rings (SSSR count). The van der Waals surface area contributed by atoms with E-state index in [1.165, 1.54) is 0 Å². The Bertz CT molecular complexity index is 793. The summed E-state index contributed by atoms with van der Waals surface area (Å²) < 4.78 is 0. The highest BCUT2D eigenvalue weighted by atomic mass is 35.5. The van der Waals surface area contributed by atoms with E-state index in [4.69, 9.17) is 23.2 Å². The number of rotatable bonds is 5. The Balaban J connectivity index is 1.98. The first-order chi connectivity index (χ1) is 11.8. The third-order valence-electron chi connectivity index (χ3n) is 3.81. The number of carbonyl (C=O) groups excluding carboxylic acids is 2. The third-order valence-corrected chi connectivity index (χ3v) is 4.37. The number of hydrogen-bond acceptors (Lipinski definition) is 2. The normalized spacial score (nSPS) is 13.0. The zero-order valence-corrected chi connectivity index (χ0v) is 15.8. The van der Waals surface area contributed by atoms with Crippen LogP contribution in [0.1, 0.15) is 41.4 Å². The fourth-order valence-corrected chi connectivity index (χ4v) is 2.97. The molecule has 2 aromatic carbocycles. The van der Waals surface area contributed by atoms with Crippen LogP contribution >= 0.6 is 23.2 Å². The molecule has 2 aromatic rings. The minimum absolute atomic E-state index is 0.288. The van der Waals surface area contributed by atoms with Crippen molar-refractivity contribution in [1.29, 1.82) is 0 Å². The molecule has 0 aliphatic carbocycles. The van der Waals surface area contributed by atoms with Crippen LogP contribution in [0.3, 0.4) is 0 Å². The molecule has 132 valence electrons. The van der Waals surface area contributed by atoms with Crippen molar-refractivity contribution in [1.82, 2.24) is 10.6 Å². The summed E-state index contributed by atoms with van der Waals surface area (Å²) in [5.41, 5.74) is 2.26. The predicted octanol–water partition coefficient (Wildman–Crippen LogP) is 4.30. The minimum Gasteiger partial charge on any atom is -0.348 e. The van der Waals surface area contributed by atoms with E-state index in [9.17, 15) is 9.59 Å². The number of benzene rings is 2. The van der Waals surface area contributed by atoms with Gasteiger partial charge in [0.1, 0.15) is 6.04 Å². The summed E-state index contributed by atoms with van der Waals surface area (Å²) in [4.78, 5) is 24.6. The van der Waals surface area contributed by atoms with Crippen LogP contribution in [0, 0.1) is 6.92 Å². The highest BCUT2D eigenvalue weighted by molar-refractivity contribution is 6.35. The highest BCUT2D eigenvalue weighted by Crippen LogP contribution is 2.26. The van der Waals surface area contributed by atoms with Crippen molar-refractivity contribution < 1.29 is 9.59 Å². The molecule has 0 fully saturated rings. The van der Waals surface area contributed by atoms with E-state index in [0.29, 0.717) is 15.6 Å². The van der Waals surface area contributed by atoms with Crippen molar-refractivity contribution in [3.05, 3.63) is 69.2 Å². The zero-order valence-electron chi connectivity index (χ0n) is 14.3. The second kappa shape index (κ2) is 8.37. The monoisotopic (exact) mass is 378 g/mol. The first-order valence-corrected chi connectivity index (χ1v) is 8.66. The molecular weight excluding hydrogens is 359 g/mol. The lowest BCUT2D eigenvalue weighted by Crippen LogP contribution is -2.45. The molecule has 2 unspecified atom stereocenters. The van der Waals surface area contributed by atoms with Gasteiger partial charge in [0.05, 0.1) is 6.04 Å². The molecule has 4 nitrogen and oxygen atoms in total. The standard InChI is InChI=1S/C19H20Cl2N2O2/c1-11-5-4-6-14(9-11)19(25)23-13(3)18(24)22-12(2)16-8-7-15(20)10-17(16)21/h4-10,12-13H,1-3H3,(H,22,24)(H,23,25). The Morgan fingerprint density at radius 1 is 1.00 bits per heavy atom. The summed E-state index contributed by atoms with van der Waals surface area (Å²) >= 11 is 12.0. The van der Waals surface area contributed by atoms with E-state index in [2.05, 4.69) is 10.6 Å². The van der Waals surface area contributed by atoms with E-state index in [0.717, 1.165) is 11.1 Å². The van der Waals surface area contributed by atoms with Gasteiger partial charge in [-0.1, -0.05) is 47.0 Å². The lowest BCUT2D eigenvalue weighted by molar-refractivity contribution is -0.123. The molecule has 0 heterocycles. The topological polar surface area (TPSA) is 58.2 Å². The molecule has 0 aliphatic heterocycles. The number of hydrogen-bond donors (Lipinski definition) is 2. The van der Waals surface area contributed by atoms with Crippen molar-refractivity contribution >= 4 is 35.0 Å². The first-order valence-electron chi connectivity index (χ1n) is 7.91. The number of nitrogens with one attached hydrogen (secondary N) is 2. The maximum absolute atomic E-state index is 12.3. The molecule has 2 amide bonds. The fourth-order valence-electron chi connectivity index (χ4n) is 2.40. The van der Waals surface area contributed by atoms with Gasteiger partial charge in [0.2, 0.25) is 5.91 Å². The van der Waals surface area contributed by atoms with Crippen LogP contribution in [-0.2, 0) is 4.79 Å². The maximum atomic E-state index is 12.3. The van der Waals surface area contributed by atoms with Crippen LogP contribution in [-0.4, -0.2) is 17.9 Å². The molecule has 6 heteroatoms. The number of amides is 2. The van der Waals surface area contributed by atoms with Gasteiger partial charge in [0.15, 0.2) is 0 Å². The molecule has 0 saturated heterocycles. The summed E-state index contributed by atoms with van der Waals surface area (Å²) in [7, 11) is 0. The molecular formula is C19H20Cl2N2O2. The van der Waals surface area contributed by atoms with Gasteiger partial charge < -0.3 is 10.6 Å². The Labute approximate surface area is 157 Å². The summed E-state index contributed by atoms with van der Waals surface area (Å²) in [5.74, 6) is -0.581. The van der Waals surface area contributed by atoms with Crippen molar-refractivity contribution in [3.63, 3.8) is 0 Å². The smallest absolute Gasteiger partial charge is 0.251 e. The van der Waals surface area contributed by atoms with Crippen molar-refractivity contribution in [2.75, 3.05) is 0 Å². The SMILES string of the molecule is Cc1cccc(C(=O)NC(C)C(=O)NC(C)c2ccc(Cl)cc2Cl)c1. The van der Waals surface area contributed by atoms with Crippen LogP contribution in [0.25, 0.3) is 0 Å². The van der Waals surface area contributed by atoms with Crippen molar-refractivity contribution in [2.45, 2.75) is 32.9 Å². The van der Waals surface area contributed by atoms with Gasteiger partial charge in [-0.2, -0.15) is 0 Å². The van der Waals surface area contributed by atoms with E-state index >= 15 is 0 Å². The molecule has 0 bridgehead atoms. The van der Waals surface area contributed by atoms with Crippen LogP contribution in [0.2, 0.25) is 10.0 Å². The molecule has 2 N–H and O–H groups in total. The van der Waals surface area contributed by atoms with Gasteiger partial charge >= 0.3 is 0 Å². The van der Waals surface area contributed by atoms with Crippen molar-refractivity contribution in [3.8, 4) is 0 Å². The molecule has 0 saturated carbocycles. The molecule has 25 heavy (non-hydrogen) atoms. The largest absolute Gasteiger partial charge is 0.348 e. The summed E-state index contributed by atoms with van der Waals surface area (Å²) in [6.07, 6.45) is 0. The zero-order chi connectivity index (χ0) is 18.6. The summed E-state index contributed by atoms with van der Waals surface area (Å²) in [6.45, 7) is 5.37. The summed E-state index contributed by atoms with van der Waals surface area (Å²) in [6, 6.07) is 11.3. The molecule has 0 radical (unpaired) electrons. The average molecular weight is 379 g/mol. The Kier molecular flexibility index (Phi) is 6.45. The quantitative estimate of drug-likeness (QED) is 0.814. The van der Waals surface area contributed by atoms with E-state index < -0.39 is 6.04 Å². The fraction of sp³-hybridized carbons (Fsp3) is 0.263. The predicted molar refractivity (Wildman–Crippen MR) is 101 cm³/mol. The molecule has 0 spiro atoms. The van der Waals surface area contributed by atoms with Crippen LogP contribution in [0.5, 0.6) is 0 Å². The molecule has 2 atom stereocenters. The number of halogens is 2. The second-order valence-corrected chi connectivity index (χ2v) is 6.80. The van der Waals surface area contributed by atoms with E-state index in [1.54, 1.807) is 43.3 Å². The molecule has 0 aromatic heterocycles. The Morgan fingerprint density at radius 3 is 2.36 bits per heavy atom. The van der Waals surface area contributed by atoms with Gasteiger partial charge in [-0.05, 0) is 50.6 Å². The van der Waals surface area contributed by atoms with Gasteiger partial charge in [-0.3, -0.25) is 9.59 Å². The minimum atomic E-state index is -0.679. The van der Waals surface area contributed by atoms with Gasteiger partial charge in [-0.25, -0.2) is 0 Å². The highest BCUT2D eigenvalue weighted by Gasteiger charge is 2.20. The van der Waals surface area contributed by atoms with E-state index in [1.807, 2.05) is 19.9 Å². The van der Waals surface area contributed by atoms with Crippen molar-refractivity contribution in [2.24, 2.45) is 0 Å². The van der Waals surface area contributed by atoms with Gasteiger partial charge in [-0.15, -0.1) is 0 Å². The Morgan fingerprint density at radius 2 is 1.72 bits per heavy atom. The maximum Gasteiger partial charge on any atom is 0.251 e. The van der Waals surface area contributed by atoms with Crippen LogP contribution < -0.4 is 10.6 Å². The first kappa shape index (κ1) is 19.3. The van der Waals surface area contributed by atoms with Crippen LogP contribution in [0.15, 0.2) is 42.5 Å². The van der Waals surface area contributed by atoms with E-state index in [-0.39, 0.29) is 17.9 Å². The summed E-state index contributed by atoms with van der Waals surface area (Å²) in [5, 5.41) is 6.56. The van der Waals surface area contributed by atoms with Gasteiger partial charge in [0.25, 0.3) is 5.91 Å². The molecule has 0 aliphatic rings.